The summed E-state index contributed by atoms with van der Waals surface area (Å²) in [7, 11) is -2.71. The molecule has 0 N–H and O–H groups in total. The van der Waals surface area contributed by atoms with Gasteiger partial charge < -0.3 is 0 Å². The fraction of sp³-hybridized carbons (Fsp3) is 0.0426. The second-order valence-electron chi connectivity index (χ2n) is 13.4. The van der Waals surface area contributed by atoms with E-state index in [1.807, 2.05) is 24.3 Å². The summed E-state index contributed by atoms with van der Waals surface area (Å²) >= 11 is 0. The van der Waals surface area contributed by atoms with Gasteiger partial charge in [-0.05, 0) is 62.9 Å². The molecule has 0 saturated carbocycles. The van der Waals surface area contributed by atoms with E-state index in [1.165, 1.54) is 43.0 Å². The zero-order valence-electron chi connectivity index (χ0n) is 28.6. The van der Waals surface area contributed by atoms with Crippen molar-refractivity contribution in [3.05, 3.63) is 187 Å². The predicted octanol–water partition coefficient (Wildman–Crippen LogP) is 8.51. The van der Waals surface area contributed by atoms with Crippen molar-refractivity contribution in [1.82, 2.24) is 15.0 Å². The van der Waals surface area contributed by atoms with Gasteiger partial charge in [0.25, 0.3) is 0 Å². The van der Waals surface area contributed by atoms with Crippen molar-refractivity contribution < 1.29 is 0 Å². The Labute approximate surface area is 300 Å². The maximum atomic E-state index is 5.29. The highest BCUT2D eigenvalue weighted by atomic mass is 28.3. The SMILES string of the molecule is Cc1ccc([Si]2(c3ccc(C)cc3)c3ccccc3-c3c(-c4nc(-c5ccccc5)nc(-c5cccc(-c6ccccc6)c5)n4)cccc32)cc1. The smallest absolute Gasteiger partial charge is 0.180 e. The van der Waals surface area contributed by atoms with Crippen molar-refractivity contribution in [1.29, 1.82) is 0 Å². The number of aromatic nitrogens is 3. The summed E-state index contributed by atoms with van der Waals surface area (Å²) in [5, 5.41) is 5.51. The van der Waals surface area contributed by atoms with Crippen molar-refractivity contribution in [3.63, 3.8) is 0 Å². The topological polar surface area (TPSA) is 38.7 Å². The third kappa shape index (κ3) is 5.23. The Kier molecular flexibility index (Phi) is 7.60. The Morgan fingerprint density at radius 3 is 1.49 bits per heavy atom. The maximum Gasteiger partial charge on any atom is 0.180 e. The summed E-state index contributed by atoms with van der Waals surface area (Å²) in [6.07, 6.45) is 0. The van der Waals surface area contributed by atoms with Gasteiger partial charge in [0, 0.05) is 16.7 Å². The van der Waals surface area contributed by atoms with Crippen LogP contribution in [0.1, 0.15) is 11.1 Å². The molecule has 0 aliphatic carbocycles. The lowest BCUT2D eigenvalue weighted by Gasteiger charge is -2.31. The Bertz CT molecular complexity index is 2480. The average Bonchev–Trinajstić information content (AvgIpc) is 3.50. The van der Waals surface area contributed by atoms with E-state index in [2.05, 4.69) is 166 Å². The van der Waals surface area contributed by atoms with Crippen molar-refractivity contribution in [3.8, 4) is 56.4 Å². The Balaban J connectivity index is 1.32. The number of hydrogen-bond donors (Lipinski definition) is 0. The van der Waals surface area contributed by atoms with Gasteiger partial charge in [0.1, 0.15) is 0 Å². The van der Waals surface area contributed by atoms with Crippen molar-refractivity contribution in [2.75, 3.05) is 0 Å². The lowest BCUT2D eigenvalue weighted by molar-refractivity contribution is 1.07. The summed E-state index contributed by atoms with van der Waals surface area (Å²) in [5.41, 5.74) is 10.2. The highest BCUT2D eigenvalue weighted by Gasteiger charge is 2.49. The third-order valence-electron chi connectivity index (χ3n) is 10.2. The fourth-order valence-electron chi connectivity index (χ4n) is 7.72. The van der Waals surface area contributed by atoms with Crippen LogP contribution in [0.3, 0.4) is 0 Å². The van der Waals surface area contributed by atoms with Crippen LogP contribution in [0.25, 0.3) is 56.4 Å². The molecule has 0 fully saturated rings. The van der Waals surface area contributed by atoms with Gasteiger partial charge in [-0.15, -0.1) is 0 Å². The predicted molar refractivity (Wildman–Crippen MR) is 214 cm³/mol. The van der Waals surface area contributed by atoms with Crippen LogP contribution < -0.4 is 20.7 Å². The quantitative estimate of drug-likeness (QED) is 0.167. The number of nitrogens with zero attached hydrogens (tertiary/aromatic N) is 3. The molecule has 0 amide bonds. The molecule has 3 nitrogen and oxygen atoms in total. The fourth-order valence-corrected chi connectivity index (χ4v) is 12.9. The van der Waals surface area contributed by atoms with E-state index in [1.54, 1.807) is 0 Å². The highest BCUT2D eigenvalue weighted by Crippen LogP contribution is 2.37. The van der Waals surface area contributed by atoms with Gasteiger partial charge in [0.2, 0.25) is 0 Å². The van der Waals surface area contributed by atoms with Gasteiger partial charge in [0.15, 0.2) is 25.5 Å². The summed E-state index contributed by atoms with van der Waals surface area (Å²) in [6, 6.07) is 63.4. The van der Waals surface area contributed by atoms with E-state index in [9.17, 15) is 0 Å². The first-order valence-corrected chi connectivity index (χ1v) is 19.4. The molecular weight excluding hydrogens is 635 g/mol. The lowest BCUT2D eigenvalue weighted by Crippen LogP contribution is -2.72. The van der Waals surface area contributed by atoms with Gasteiger partial charge >= 0.3 is 0 Å². The Morgan fingerprint density at radius 2 is 0.824 bits per heavy atom. The monoisotopic (exact) mass is 669 g/mol. The van der Waals surface area contributed by atoms with Crippen LogP contribution in [0.2, 0.25) is 0 Å². The molecular formula is C47H35N3Si. The van der Waals surface area contributed by atoms with Gasteiger partial charge in [-0.2, -0.15) is 0 Å². The molecule has 242 valence electrons. The minimum Gasteiger partial charge on any atom is -0.208 e. The van der Waals surface area contributed by atoms with Crippen LogP contribution in [-0.2, 0) is 0 Å². The summed E-state index contributed by atoms with van der Waals surface area (Å²) in [4.78, 5) is 15.6. The molecule has 0 bridgehead atoms. The van der Waals surface area contributed by atoms with Crippen LogP contribution >= 0.6 is 0 Å². The Hall–Kier alpha value is -6.23. The second kappa shape index (κ2) is 12.6. The molecule has 2 heterocycles. The zero-order chi connectivity index (χ0) is 34.4. The summed E-state index contributed by atoms with van der Waals surface area (Å²) < 4.78 is 0. The molecule has 0 radical (unpaired) electrons. The van der Waals surface area contributed by atoms with E-state index in [0.29, 0.717) is 17.5 Å². The first-order valence-electron chi connectivity index (χ1n) is 17.4. The largest absolute Gasteiger partial charge is 0.208 e. The lowest BCUT2D eigenvalue weighted by atomic mass is 9.99. The van der Waals surface area contributed by atoms with Crippen molar-refractivity contribution >= 4 is 28.8 Å². The van der Waals surface area contributed by atoms with Gasteiger partial charge in [-0.3, -0.25) is 0 Å². The highest BCUT2D eigenvalue weighted by molar-refractivity contribution is 7.22. The molecule has 1 aliphatic heterocycles. The molecule has 0 saturated heterocycles. The van der Waals surface area contributed by atoms with Crippen molar-refractivity contribution in [2.24, 2.45) is 0 Å². The van der Waals surface area contributed by atoms with E-state index < -0.39 is 8.07 Å². The first-order chi connectivity index (χ1) is 25.1. The molecule has 4 heteroatoms. The van der Waals surface area contributed by atoms with Crippen LogP contribution in [-0.4, -0.2) is 23.0 Å². The minimum absolute atomic E-state index is 0.654. The normalized spacial score (nSPS) is 12.7. The molecule has 0 atom stereocenters. The van der Waals surface area contributed by atoms with Crippen LogP contribution in [0, 0.1) is 13.8 Å². The number of hydrogen-bond acceptors (Lipinski definition) is 3. The molecule has 9 rings (SSSR count). The molecule has 0 spiro atoms. The average molecular weight is 670 g/mol. The zero-order valence-corrected chi connectivity index (χ0v) is 29.6. The number of fused-ring (bicyclic) bond motifs is 3. The Morgan fingerprint density at radius 1 is 0.353 bits per heavy atom. The minimum atomic E-state index is -2.71. The van der Waals surface area contributed by atoms with Crippen LogP contribution in [0.4, 0.5) is 0 Å². The molecule has 8 aromatic rings. The van der Waals surface area contributed by atoms with E-state index in [0.717, 1.165) is 27.8 Å². The van der Waals surface area contributed by atoms with Gasteiger partial charge in [-0.25, -0.2) is 15.0 Å². The molecule has 1 aromatic heterocycles. The molecule has 7 aromatic carbocycles. The second-order valence-corrected chi connectivity index (χ2v) is 17.1. The van der Waals surface area contributed by atoms with Crippen molar-refractivity contribution in [2.45, 2.75) is 13.8 Å². The van der Waals surface area contributed by atoms with Crippen LogP contribution in [0.5, 0.6) is 0 Å². The number of aryl methyl sites for hydroxylation is 2. The maximum absolute atomic E-state index is 5.29. The van der Waals surface area contributed by atoms with Gasteiger partial charge in [-0.1, -0.05) is 181 Å². The van der Waals surface area contributed by atoms with E-state index in [4.69, 9.17) is 15.0 Å². The van der Waals surface area contributed by atoms with E-state index >= 15 is 0 Å². The molecule has 1 aliphatic rings. The van der Waals surface area contributed by atoms with Crippen LogP contribution in [0.15, 0.2) is 176 Å². The van der Waals surface area contributed by atoms with Gasteiger partial charge in [0.05, 0.1) is 0 Å². The summed E-state index contributed by atoms with van der Waals surface area (Å²) in [5.74, 6) is 1.99. The molecule has 0 unspecified atom stereocenters. The standard InChI is InChI=1S/C47H35N3Si/c1-32-23-27-38(28-24-32)51(39-29-25-33(2)26-30-39)42-21-10-9-19-40(42)44-41(20-12-22-43(44)51)47-49-45(35-15-7-4-8-16-35)48-46(50-47)37-18-11-17-36(31-37)34-13-5-3-6-14-34/h3-31H,1-2H3. The third-order valence-corrected chi connectivity index (χ3v) is 15.0. The van der Waals surface area contributed by atoms with E-state index in [-0.39, 0.29) is 0 Å². The first kappa shape index (κ1) is 30.8. The number of benzene rings is 7. The molecule has 51 heavy (non-hydrogen) atoms. The number of rotatable bonds is 6. The summed E-state index contributed by atoms with van der Waals surface area (Å²) in [6.45, 7) is 4.33.